The second-order valence-corrected chi connectivity index (χ2v) is 5.48. The van der Waals surface area contributed by atoms with Gasteiger partial charge in [0.25, 0.3) is 0 Å². The number of hydrogen-bond acceptors (Lipinski definition) is 2. The van der Waals surface area contributed by atoms with E-state index in [9.17, 15) is 0 Å². The van der Waals surface area contributed by atoms with Crippen molar-refractivity contribution in [3.8, 4) is 12.3 Å². The molecular weight excluding hydrogens is 491 g/mol. The Bertz CT molecular complexity index is 797. The zero-order chi connectivity index (χ0) is 17.4. The van der Waals surface area contributed by atoms with E-state index in [1.807, 2.05) is 51.1 Å². The van der Waals surface area contributed by atoms with E-state index in [1.54, 1.807) is 24.8 Å². The van der Waals surface area contributed by atoms with Crippen molar-refractivity contribution in [3.63, 3.8) is 0 Å². The third-order valence-electron chi connectivity index (χ3n) is 3.45. The Labute approximate surface area is 163 Å². The van der Waals surface area contributed by atoms with Gasteiger partial charge in [0, 0.05) is 12.4 Å². The predicted octanol–water partition coefficient (Wildman–Crippen LogP) is 3.38. The summed E-state index contributed by atoms with van der Waals surface area (Å²) in [5.41, 5.74) is 4.57. The Morgan fingerprint density at radius 1 is 1.08 bits per heavy atom. The van der Waals surface area contributed by atoms with Gasteiger partial charge >= 0.3 is 21.1 Å². The molecule has 2 heterocycles. The second kappa shape index (κ2) is 10.5. The van der Waals surface area contributed by atoms with Crippen molar-refractivity contribution in [1.29, 1.82) is 0 Å². The maximum absolute atomic E-state index is 5.68. The van der Waals surface area contributed by atoms with Crippen LogP contribution in [0.25, 0.3) is 0 Å². The van der Waals surface area contributed by atoms with Crippen LogP contribution in [0.2, 0.25) is 0 Å². The van der Waals surface area contributed by atoms with E-state index in [2.05, 4.69) is 25.9 Å². The number of allylic oxidation sites excluding steroid dienone is 3. The average Bonchev–Trinajstić information content (AvgIpc) is 3.26. The fourth-order valence-corrected chi connectivity index (χ4v) is 1.83. The number of nitrogens with zero attached hydrogens (tertiary/aromatic N) is 4. The van der Waals surface area contributed by atoms with Crippen LogP contribution >= 0.6 is 0 Å². The van der Waals surface area contributed by atoms with Crippen molar-refractivity contribution in [2.24, 2.45) is 9.98 Å². The van der Waals surface area contributed by atoms with Gasteiger partial charge in [-0.3, -0.25) is 9.98 Å². The molecule has 2 aromatic rings. The molecule has 4 nitrogen and oxygen atoms in total. The third kappa shape index (κ3) is 6.56. The van der Waals surface area contributed by atoms with Gasteiger partial charge in [-0.1, -0.05) is 41.3 Å². The van der Waals surface area contributed by atoms with Crippen LogP contribution in [0.5, 0.6) is 0 Å². The average molecular weight is 511 g/mol. The molecule has 5 heteroatoms. The molecule has 0 radical (unpaired) electrons. The monoisotopic (exact) mass is 511 g/mol. The van der Waals surface area contributed by atoms with Crippen molar-refractivity contribution in [3.05, 3.63) is 71.0 Å². The van der Waals surface area contributed by atoms with Gasteiger partial charge in [0.05, 0.1) is 5.70 Å². The van der Waals surface area contributed by atoms with Gasteiger partial charge in [0.1, 0.15) is 0 Å². The minimum absolute atomic E-state index is 0. The van der Waals surface area contributed by atoms with Gasteiger partial charge < -0.3 is 9.97 Å². The molecule has 130 valence electrons. The van der Waals surface area contributed by atoms with Crippen LogP contribution in [-0.4, -0.2) is 18.5 Å². The van der Waals surface area contributed by atoms with E-state index < -0.39 is 6.04 Å². The Balaban J connectivity index is 0.00000312. The minimum atomic E-state index is -0.484. The summed E-state index contributed by atoms with van der Waals surface area (Å²) < 4.78 is 0. The van der Waals surface area contributed by atoms with Gasteiger partial charge in [-0.05, 0) is 26.8 Å². The summed E-state index contributed by atoms with van der Waals surface area (Å²) in [6, 6.07) is 7.00. The molecule has 1 unspecified atom stereocenters. The van der Waals surface area contributed by atoms with Crippen LogP contribution in [0.1, 0.15) is 32.2 Å². The van der Waals surface area contributed by atoms with E-state index in [0.717, 1.165) is 17.0 Å². The first-order chi connectivity index (χ1) is 11.6. The van der Waals surface area contributed by atoms with E-state index >= 15 is 0 Å². The predicted molar refractivity (Wildman–Crippen MR) is 99.5 cm³/mol. The molecule has 0 saturated carbocycles. The van der Waals surface area contributed by atoms with Crippen molar-refractivity contribution >= 4 is 12.4 Å². The first kappa shape index (κ1) is 20.7. The SMILES string of the molecule is C#CC(N=Cc1ccc[n-]1)/C(=C\C(C)=C(C)C)N=Cc1ccc[n-]1.[Pt+2]. The largest absolute Gasteiger partial charge is 2.00 e. The molecule has 0 bridgehead atoms. The summed E-state index contributed by atoms with van der Waals surface area (Å²) in [4.78, 5) is 17.3. The smallest absolute Gasteiger partial charge is 0.663 e. The first-order valence-electron chi connectivity index (χ1n) is 7.64. The Kier molecular flexibility index (Phi) is 8.67. The van der Waals surface area contributed by atoms with Crippen molar-refractivity contribution < 1.29 is 21.1 Å². The minimum Gasteiger partial charge on any atom is -0.663 e. The fraction of sp³-hybridized carbons (Fsp3) is 0.200. The Morgan fingerprint density at radius 3 is 2.16 bits per heavy atom. The molecule has 0 aliphatic rings. The molecule has 0 amide bonds. The van der Waals surface area contributed by atoms with Gasteiger partial charge in [0.2, 0.25) is 0 Å². The van der Waals surface area contributed by atoms with Crippen molar-refractivity contribution in [2.75, 3.05) is 0 Å². The first-order valence-corrected chi connectivity index (χ1v) is 7.64. The molecule has 2 rings (SSSR count). The van der Waals surface area contributed by atoms with Gasteiger partial charge in [-0.25, -0.2) is 0 Å². The molecule has 0 fully saturated rings. The van der Waals surface area contributed by atoms with Crippen LogP contribution in [0.4, 0.5) is 0 Å². The molecule has 2 aromatic heterocycles. The van der Waals surface area contributed by atoms with E-state index in [4.69, 9.17) is 6.42 Å². The summed E-state index contributed by atoms with van der Waals surface area (Å²) >= 11 is 0. The fourth-order valence-electron chi connectivity index (χ4n) is 1.83. The number of rotatable bonds is 6. The quantitative estimate of drug-likeness (QED) is 0.339. The molecule has 0 spiro atoms. The maximum Gasteiger partial charge on any atom is 2.00 e. The summed E-state index contributed by atoms with van der Waals surface area (Å²) in [6.45, 7) is 6.13. The molecule has 25 heavy (non-hydrogen) atoms. The normalized spacial score (nSPS) is 12.8. The zero-order valence-corrected chi connectivity index (χ0v) is 16.7. The molecule has 0 aromatic carbocycles. The summed E-state index contributed by atoms with van der Waals surface area (Å²) in [7, 11) is 0. The molecule has 0 aliphatic heterocycles. The van der Waals surface area contributed by atoms with E-state index in [1.165, 1.54) is 5.57 Å². The van der Waals surface area contributed by atoms with Crippen LogP contribution in [0, 0.1) is 12.3 Å². The molecular formula is C20H20N4Pt. The summed E-state index contributed by atoms with van der Waals surface area (Å²) in [6.07, 6.45) is 14.5. The number of hydrogen-bond donors (Lipinski definition) is 0. The van der Waals surface area contributed by atoms with Gasteiger partial charge in [0.15, 0.2) is 6.04 Å². The summed E-state index contributed by atoms with van der Waals surface area (Å²) in [5, 5.41) is 0. The topological polar surface area (TPSA) is 52.9 Å². The Morgan fingerprint density at radius 2 is 1.68 bits per heavy atom. The molecule has 0 aliphatic carbocycles. The molecule has 0 N–H and O–H groups in total. The molecule has 0 saturated heterocycles. The molecule has 1 atom stereocenters. The third-order valence-corrected chi connectivity index (χ3v) is 3.45. The van der Waals surface area contributed by atoms with Gasteiger partial charge in [-0.2, -0.15) is 12.4 Å². The zero-order valence-electron chi connectivity index (χ0n) is 14.5. The number of terminal acetylenes is 1. The van der Waals surface area contributed by atoms with Gasteiger partial charge in [-0.15, -0.1) is 17.8 Å². The van der Waals surface area contributed by atoms with Crippen LogP contribution in [0.15, 0.2) is 69.6 Å². The van der Waals surface area contributed by atoms with Crippen LogP contribution < -0.4 is 9.97 Å². The maximum atomic E-state index is 5.68. The van der Waals surface area contributed by atoms with Crippen molar-refractivity contribution in [1.82, 2.24) is 9.97 Å². The van der Waals surface area contributed by atoms with Crippen LogP contribution in [-0.2, 0) is 21.1 Å². The number of aliphatic imine (C=N–C) groups is 2. The van der Waals surface area contributed by atoms with Crippen LogP contribution in [0.3, 0.4) is 0 Å². The standard InChI is InChI=1S/C20H20N4.Pt/c1-5-19(23-13-17-8-6-10-21-17)20(12-16(4)15(2)3)24-14-18-9-7-11-22-18;/h1,6-14,19H,2-4H3;/q-2;+2/b20-12+,23-13?,24-14?;. The Hall–Kier alpha value is -2.37. The number of aromatic nitrogens is 2. The van der Waals surface area contributed by atoms with E-state index in [-0.39, 0.29) is 21.1 Å². The van der Waals surface area contributed by atoms with E-state index in [0.29, 0.717) is 5.70 Å². The van der Waals surface area contributed by atoms with Crippen molar-refractivity contribution in [2.45, 2.75) is 26.8 Å². The summed E-state index contributed by atoms with van der Waals surface area (Å²) in [5.74, 6) is 2.69. The second-order valence-electron chi connectivity index (χ2n) is 5.48.